The first-order valence-electron chi connectivity index (χ1n) is 6.60. The van der Waals surface area contributed by atoms with E-state index >= 15 is 0 Å². The van der Waals surface area contributed by atoms with Crippen molar-refractivity contribution < 1.29 is 13.5 Å². The summed E-state index contributed by atoms with van der Waals surface area (Å²) in [6.45, 7) is 0.344. The minimum atomic E-state index is -3.40. The van der Waals surface area contributed by atoms with Gasteiger partial charge in [0.05, 0.1) is 28.9 Å². The highest BCUT2D eigenvalue weighted by Gasteiger charge is 2.35. The standard InChI is InChI=1S/C14H18N2O3S/c15-10-12-3-1-4-13(9-12)20(18,19)8-7-16-14(11-17)5-2-6-14/h1,3-4,9,16-17H,2,5-8,11H2. The highest BCUT2D eigenvalue weighted by atomic mass is 32.2. The van der Waals surface area contributed by atoms with Gasteiger partial charge < -0.3 is 10.4 Å². The summed E-state index contributed by atoms with van der Waals surface area (Å²) in [5.41, 5.74) is 0.0502. The number of sulfone groups is 1. The third-order valence-electron chi connectivity index (χ3n) is 3.81. The highest BCUT2D eigenvalue weighted by Crippen LogP contribution is 2.30. The zero-order valence-corrected chi connectivity index (χ0v) is 12.0. The van der Waals surface area contributed by atoms with Gasteiger partial charge in [-0.05, 0) is 37.5 Å². The molecule has 20 heavy (non-hydrogen) atoms. The summed E-state index contributed by atoms with van der Waals surface area (Å²) in [6, 6.07) is 7.97. The molecule has 0 aliphatic heterocycles. The van der Waals surface area contributed by atoms with Crippen LogP contribution in [-0.2, 0) is 9.84 Å². The summed E-state index contributed by atoms with van der Waals surface area (Å²) in [5.74, 6) is -0.0381. The predicted octanol–water partition coefficient (Wildman–Crippen LogP) is 0.837. The van der Waals surface area contributed by atoms with E-state index in [0.717, 1.165) is 19.3 Å². The van der Waals surface area contributed by atoms with Crippen LogP contribution in [0.4, 0.5) is 0 Å². The van der Waals surface area contributed by atoms with Crippen molar-refractivity contribution in [3.8, 4) is 6.07 Å². The SMILES string of the molecule is N#Cc1cccc(S(=O)(=O)CCNC2(CO)CCC2)c1. The van der Waals surface area contributed by atoms with Crippen LogP contribution < -0.4 is 5.32 Å². The molecular formula is C14H18N2O3S. The van der Waals surface area contributed by atoms with Gasteiger partial charge in [-0.1, -0.05) is 6.07 Å². The molecule has 2 N–H and O–H groups in total. The molecule has 0 saturated heterocycles. The van der Waals surface area contributed by atoms with Crippen molar-refractivity contribution in [2.45, 2.75) is 29.7 Å². The van der Waals surface area contributed by atoms with Crippen LogP contribution in [0.5, 0.6) is 0 Å². The van der Waals surface area contributed by atoms with E-state index in [1.165, 1.54) is 12.1 Å². The van der Waals surface area contributed by atoms with Crippen LogP contribution in [-0.4, -0.2) is 38.0 Å². The van der Waals surface area contributed by atoms with Crippen molar-refractivity contribution in [2.24, 2.45) is 0 Å². The lowest BCUT2D eigenvalue weighted by molar-refractivity contribution is 0.0910. The van der Waals surface area contributed by atoms with Crippen LogP contribution in [0.25, 0.3) is 0 Å². The fourth-order valence-electron chi connectivity index (χ4n) is 2.32. The molecule has 0 heterocycles. The van der Waals surface area contributed by atoms with Crippen molar-refractivity contribution >= 4 is 9.84 Å². The number of nitrogens with one attached hydrogen (secondary N) is 1. The first-order chi connectivity index (χ1) is 9.51. The summed E-state index contributed by atoms with van der Waals surface area (Å²) < 4.78 is 24.3. The third-order valence-corrected chi connectivity index (χ3v) is 5.52. The summed E-state index contributed by atoms with van der Waals surface area (Å²) in [6.07, 6.45) is 2.82. The molecule has 1 aliphatic carbocycles. The fraction of sp³-hybridized carbons (Fsp3) is 0.500. The van der Waals surface area contributed by atoms with Crippen molar-refractivity contribution in [1.29, 1.82) is 5.26 Å². The average Bonchev–Trinajstić information content (AvgIpc) is 2.42. The average molecular weight is 294 g/mol. The molecule has 108 valence electrons. The lowest BCUT2D eigenvalue weighted by atomic mass is 9.77. The lowest BCUT2D eigenvalue weighted by Crippen LogP contribution is -2.54. The molecule has 1 aliphatic rings. The van der Waals surface area contributed by atoms with Gasteiger partial charge in [0.1, 0.15) is 0 Å². The second kappa shape index (κ2) is 5.92. The molecule has 0 aromatic heterocycles. The van der Waals surface area contributed by atoms with E-state index in [-0.39, 0.29) is 22.8 Å². The van der Waals surface area contributed by atoms with E-state index in [0.29, 0.717) is 12.1 Å². The number of aliphatic hydroxyl groups is 1. The fourth-order valence-corrected chi connectivity index (χ4v) is 3.52. The summed E-state index contributed by atoms with van der Waals surface area (Å²) >= 11 is 0. The number of aliphatic hydroxyl groups excluding tert-OH is 1. The molecular weight excluding hydrogens is 276 g/mol. The minimum absolute atomic E-state index is 0.0381. The maximum Gasteiger partial charge on any atom is 0.179 e. The molecule has 0 atom stereocenters. The van der Waals surface area contributed by atoms with E-state index in [1.807, 2.05) is 6.07 Å². The first-order valence-corrected chi connectivity index (χ1v) is 8.25. The molecule has 0 spiro atoms. The molecule has 0 amide bonds. The molecule has 1 saturated carbocycles. The maximum absolute atomic E-state index is 12.2. The second-order valence-electron chi connectivity index (χ2n) is 5.18. The topological polar surface area (TPSA) is 90.2 Å². The Hall–Kier alpha value is -1.42. The molecule has 1 fully saturated rings. The Labute approximate surface area is 119 Å². The maximum atomic E-state index is 12.2. The molecule has 2 rings (SSSR count). The Morgan fingerprint density at radius 2 is 2.15 bits per heavy atom. The van der Waals surface area contributed by atoms with Crippen molar-refractivity contribution in [3.63, 3.8) is 0 Å². The van der Waals surface area contributed by atoms with E-state index in [2.05, 4.69) is 5.32 Å². The molecule has 5 nitrogen and oxygen atoms in total. The number of rotatable bonds is 6. The smallest absolute Gasteiger partial charge is 0.179 e. The Balaban J connectivity index is 1.99. The highest BCUT2D eigenvalue weighted by molar-refractivity contribution is 7.91. The van der Waals surface area contributed by atoms with Crippen molar-refractivity contribution in [2.75, 3.05) is 18.9 Å². The zero-order valence-electron chi connectivity index (χ0n) is 11.2. The molecule has 6 heteroatoms. The number of benzene rings is 1. The van der Waals surface area contributed by atoms with E-state index in [1.54, 1.807) is 12.1 Å². The first kappa shape index (κ1) is 15.0. The van der Waals surface area contributed by atoms with Crippen LogP contribution in [0.15, 0.2) is 29.2 Å². The van der Waals surface area contributed by atoms with Gasteiger partial charge in [-0.25, -0.2) is 8.42 Å². The Morgan fingerprint density at radius 3 is 2.70 bits per heavy atom. The summed E-state index contributed by atoms with van der Waals surface area (Å²) in [5, 5.41) is 21.2. The molecule has 1 aromatic rings. The number of hydrogen-bond donors (Lipinski definition) is 2. The van der Waals surface area contributed by atoms with Crippen LogP contribution in [0, 0.1) is 11.3 Å². The van der Waals surface area contributed by atoms with Gasteiger partial charge in [-0.3, -0.25) is 0 Å². The van der Waals surface area contributed by atoms with Crippen molar-refractivity contribution in [3.05, 3.63) is 29.8 Å². The second-order valence-corrected chi connectivity index (χ2v) is 7.29. The van der Waals surface area contributed by atoms with Gasteiger partial charge in [0.25, 0.3) is 0 Å². The van der Waals surface area contributed by atoms with Gasteiger partial charge in [0.15, 0.2) is 9.84 Å². The Kier molecular flexibility index (Phi) is 4.43. The largest absolute Gasteiger partial charge is 0.394 e. The predicted molar refractivity (Wildman–Crippen MR) is 74.9 cm³/mol. The van der Waals surface area contributed by atoms with Crippen LogP contribution in [0.3, 0.4) is 0 Å². The Morgan fingerprint density at radius 1 is 1.40 bits per heavy atom. The quantitative estimate of drug-likeness (QED) is 0.811. The van der Waals surface area contributed by atoms with E-state index in [9.17, 15) is 13.5 Å². The van der Waals surface area contributed by atoms with Gasteiger partial charge >= 0.3 is 0 Å². The molecule has 0 bridgehead atoms. The van der Waals surface area contributed by atoms with E-state index in [4.69, 9.17) is 5.26 Å². The van der Waals surface area contributed by atoms with Gasteiger partial charge in [-0.15, -0.1) is 0 Å². The van der Waals surface area contributed by atoms with Gasteiger partial charge in [0.2, 0.25) is 0 Å². The lowest BCUT2D eigenvalue weighted by Gasteiger charge is -2.41. The van der Waals surface area contributed by atoms with Crippen LogP contribution in [0.1, 0.15) is 24.8 Å². The molecule has 0 radical (unpaired) electrons. The third kappa shape index (κ3) is 3.18. The molecule has 1 aromatic carbocycles. The number of nitriles is 1. The minimum Gasteiger partial charge on any atom is -0.394 e. The number of nitrogens with zero attached hydrogens (tertiary/aromatic N) is 1. The van der Waals surface area contributed by atoms with Gasteiger partial charge in [0, 0.05) is 12.1 Å². The zero-order chi connectivity index (χ0) is 14.6. The monoisotopic (exact) mass is 294 g/mol. The van der Waals surface area contributed by atoms with Crippen LogP contribution in [0.2, 0.25) is 0 Å². The molecule has 0 unspecified atom stereocenters. The van der Waals surface area contributed by atoms with Crippen molar-refractivity contribution in [1.82, 2.24) is 5.32 Å². The van der Waals surface area contributed by atoms with Crippen LogP contribution >= 0.6 is 0 Å². The Bertz CT molecular complexity index is 610. The normalized spacial score (nSPS) is 17.2. The van der Waals surface area contributed by atoms with Gasteiger partial charge in [-0.2, -0.15) is 5.26 Å². The number of hydrogen-bond acceptors (Lipinski definition) is 5. The summed E-state index contributed by atoms with van der Waals surface area (Å²) in [7, 11) is -3.40. The summed E-state index contributed by atoms with van der Waals surface area (Å²) in [4.78, 5) is 0.171. The van der Waals surface area contributed by atoms with E-state index < -0.39 is 9.84 Å².